The molecule has 0 aliphatic rings. The molecule has 0 radical (unpaired) electrons. The van der Waals surface area contributed by atoms with Crippen molar-refractivity contribution >= 4 is 35.3 Å². The van der Waals surface area contributed by atoms with Gasteiger partial charge in [-0.3, -0.25) is 28.8 Å². The van der Waals surface area contributed by atoms with Crippen molar-refractivity contribution in [2.75, 3.05) is 6.54 Å². The molecule has 4 aromatic carbocycles. The molecule has 0 spiro atoms. The molecular formula is C68H97N3O10. The van der Waals surface area contributed by atoms with E-state index in [0.29, 0.717) is 18.0 Å². The summed E-state index contributed by atoms with van der Waals surface area (Å²) in [5.41, 5.74) is 8.92. The van der Waals surface area contributed by atoms with E-state index in [9.17, 15) is 28.8 Å². The zero-order chi connectivity index (χ0) is 58.9. The third kappa shape index (κ3) is 29.8. The highest BCUT2D eigenvalue weighted by Crippen LogP contribution is 2.25. The molecular weight excluding hydrogens is 1020 g/mol. The van der Waals surface area contributed by atoms with E-state index in [4.69, 9.17) is 24.7 Å². The smallest absolute Gasteiger partial charge is 0.306 e. The SMILES string of the molecule is CCCCCCCCCCCCCCCCNC(=O)C(CCC(=O)OCc1ccccc1)CC(=O)C(CCC(=O)OCc1ccccc1)NC(=O)C(CC(=O)C(N)Cc1ccc(OC(C)(C)C)cc1)Cc1ccc(OC(C)(C)C)cc1. The number of nitrogens with one attached hydrogen (secondary N) is 2. The summed E-state index contributed by atoms with van der Waals surface area (Å²) in [6.07, 6.45) is 16.2. The number of hydrogen-bond acceptors (Lipinski definition) is 11. The molecule has 0 saturated carbocycles. The van der Waals surface area contributed by atoms with Crippen LogP contribution in [0, 0.1) is 11.8 Å². The molecule has 0 bridgehead atoms. The fourth-order valence-corrected chi connectivity index (χ4v) is 9.56. The highest BCUT2D eigenvalue weighted by atomic mass is 16.5. The second-order valence-corrected chi connectivity index (χ2v) is 23.8. The van der Waals surface area contributed by atoms with Crippen molar-refractivity contribution < 1.29 is 47.7 Å². The van der Waals surface area contributed by atoms with Crippen molar-refractivity contribution in [3.05, 3.63) is 131 Å². The van der Waals surface area contributed by atoms with Gasteiger partial charge in [0.2, 0.25) is 11.8 Å². The van der Waals surface area contributed by atoms with Crippen LogP contribution < -0.4 is 25.8 Å². The normalized spacial score (nSPS) is 13.0. The predicted octanol–water partition coefficient (Wildman–Crippen LogP) is 13.4. The van der Waals surface area contributed by atoms with Crippen LogP contribution in [0.1, 0.15) is 199 Å². The molecule has 4 rings (SSSR count). The van der Waals surface area contributed by atoms with E-state index < -0.39 is 58.8 Å². The fraction of sp³-hybridized carbons (Fsp3) is 0.559. The topological polar surface area (TPSA) is 189 Å². The molecule has 4 N–H and O–H groups in total. The highest BCUT2D eigenvalue weighted by Gasteiger charge is 2.32. The number of ether oxygens (including phenoxy) is 4. The molecule has 0 heterocycles. The van der Waals surface area contributed by atoms with Crippen molar-refractivity contribution in [1.82, 2.24) is 10.6 Å². The van der Waals surface area contributed by atoms with Crippen LogP contribution in [0.25, 0.3) is 0 Å². The zero-order valence-corrected chi connectivity index (χ0v) is 50.0. The lowest BCUT2D eigenvalue weighted by Crippen LogP contribution is -2.47. The first-order valence-corrected chi connectivity index (χ1v) is 30.1. The largest absolute Gasteiger partial charge is 0.488 e. The minimum absolute atomic E-state index is 0.0139. The maximum atomic E-state index is 14.8. The van der Waals surface area contributed by atoms with Crippen LogP contribution in [0.3, 0.4) is 0 Å². The Morgan fingerprint density at radius 2 is 0.889 bits per heavy atom. The first kappa shape index (κ1) is 67.2. The molecule has 13 heteroatoms. The number of carbonyl (C=O) groups is 6. The first-order chi connectivity index (χ1) is 38.8. The van der Waals surface area contributed by atoms with Crippen LogP contribution >= 0.6 is 0 Å². The van der Waals surface area contributed by atoms with Gasteiger partial charge in [0.1, 0.15) is 35.9 Å². The zero-order valence-electron chi connectivity index (χ0n) is 50.0. The van der Waals surface area contributed by atoms with Crippen LogP contribution in [0.4, 0.5) is 0 Å². The van der Waals surface area contributed by atoms with Crippen LogP contribution in [-0.4, -0.2) is 65.1 Å². The number of ketones is 2. The van der Waals surface area contributed by atoms with E-state index in [2.05, 4.69) is 17.6 Å². The van der Waals surface area contributed by atoms with Gasteiger partial charge in [-0.15, -0.1) is 0 Å². The first-order valence-electron chi connectivity index (χ1n) is 30.1. The fourth-order valence-electron chi connectivity index (χ4n) is 9.56. The summed E-state index contributed by atoms with van der Waals surface area (Å²) < 4.78 is 23.2. The lowest BCUT2D eigenvalue weighted by Gasteiger charge is -2.25. The number of Topliss-reactive ketones (excluding diaryl/α,β-unsaturated/α-hetero) is 2. The summed E-state index contributed by atoms with van der Waals surface area (Å²) in [5, 5.41) is 5.95. The van der Waals surface area contributed by atoms with E-state index in [0.717, 1.165) is 47.9 Å². The third-order valence-electron chi connectivity index (χ3n) is 14.0. The van der Waals surface area contributed by atoms with Crippen molar-refractivity contribution in [1.29, 1.82) is 0 Å². The molecule has 4 atom stereocenters. The molecule has 4 unspecified atom stereocenters. The number of esters is 2. The van der Waals surface area contributed by atoms with Crippen LogP contribution in [-0.2, 0) is 64.3 Å². The monoisotopic (exact) mass is 1120 g/mol. The number of benzene rings is 4. The lowest BCUT2D eigenvalue weighted by molar-refractivity contribution is -0.147. The highest BCUT2D eigenvalue weighted by molar-refractivity contribution is 5.95. The average molecular weight is 1120 g/mol. The molecule has 0 aromatic heterocycles. The third-order valence-corrected chi connectivity index (χ3v) is 14.0. The molecule has 0 aliphatic heterocycles. The van der Waals surface area contributed by atoms with Crippen molar-refractivity contribution in [3.8, 4) is 11.5 Å². The van der Waals surface area contributed by atoms with Gasteiger partial charge in [0.05, 0.1) is 12.1 Å². The Bertz CT molecular complexity index is 2450. The van der Waals surface area contributed by atoms with Crippen LogP contribution in [0.15, 0.2) is 109 Å². The second-order valence-electron chi connectivity index (χ2n) is 23.8. The Hall–Kier alpha value is -6.34. The van der Waals surface area contributed by atoms with Gasteiger partial charge in [-0.25, -0.2) is 0 Å². The number of nitrogens with two attached hydrogens (primary N) is 1. The second kappa shape index (κ2) is 36.9. The summed E-state index contributed by atoms with van der Waals surface area (Å²) in [4.78, 5) is 84.2. The number of amides is 2. The Balaban J connectivity index is 1.51. The maximum absolute atomic E-state index is 14.8. The van der Waals surface area contributed by atoms with Gasteiger partial charge in [-0.2, -0.15) is 0 Å². The minimum atomic E-state index is -1.25. The Kier molecular flexibility index (Phi) is 30.6. The molecule has 4 aromatic rings. The number of unbranched alkanes of at least 4 members (excludes halogenated alkanes) is 13. The molecule has 0 aliphatic carbocycles. The van der Waals surface area contributed by atoms with E-state index in [-0.39, 0.29) is 76.3 Å². The van der Waals surface area contributed by atoms with Gasteiger partial charge in [0.15, 0.2) is 11.6 Å². The van der Waals surface area contributed by atoms with Gasteiger partial charge in [0.25, 0.3) is 0 Å². The molecule has 444 valence electrons. The molecule has 2 amide bonds. The van der Waals surface area contributed by atoms with E-state index in [1.807, 2.05) is 151 Å². The summed E-state index contributed by atoms with van der Waals surface area (Å²) in [6, 6.07) is 31.0. The predicted molar refractivity (Wildman–Crippen MR) is 321 cm³/mol. The van der Waals surface area contributed by atoms with Gasteiger partial charge >= 0.3 is 11.9 Å². The summed E-state index contributed by atoms with van der Waals surface area (Å²) >= 11 is 0. The summed E-state index contributed by atoms with van der Waals surface area (Å²) in [5.74, 6) is -3.53. The molecule has 81 heavy (non-hydrogen) atoms. The van der Waals surface area contributed by atoms with Crippen molar-refractivity contribution in [3.63, 3.8) is 0 Å². The van der Waals surface area contributed by atoms with Gasteiger partial charge in [-0.05, 0) is 120 Å². The number of rotatable bonds is 40. The van der Waals surface area contributed by atoms with Gasteiger partial charge < -0.3 is 35.3 Å². The van der Waals surface area contributed by atoms with Crippen LogP contribution in [0.5, 0.6) is 11.5 Å². The minimum Gasteiger partial charge on any atom is -0.488 e. The van der Waals surface area contributed by atoms with E-state index in [1.54, 1.807) is 0 Å². The standard InChI is InChI=1S/C68H97N3O10/c1-8-9-10-11-12-13-14-15-16-17-18-19-20-27-44-70-65(76)55(36-42-63(74)78-49-53-28-23-21-24-29-53)47-62(73)60(41-43-64(75)79-50-54-30-25-22-26-31-54)71-66(77)56(45-51-32-37-57(38-33-51)80-67(2,3)4)48-61(72)59(69)46-52-34-39-58(40-35-52)81-68(5,6)7/h21-26,28-35,37-40,55-56,59-60H,8-20,27,36,41-50,69H2,1-7H3,(H,70,76)(H,71,77). The average Bonchev–Trinajstić information content (AvgIpc) is 3.43. The number of hydrogen-bond donors (Lipinski definition) is 3. The molecule has 0 fully saturated rings. The number of carbonyl (C=O) groups excluding carboxylic acids is 6. The van der Waals surface area contributed by atoms with Gasteiger partial charge in [0, 0.05) is 44.1 Å². The summed E-state index contributed by atoms with van der Waals surface area (Å²) in [6.45, 7) is 14.5. The lowest BCUT2D eigenvalue weighted by atomic mass is 9.88. The molecule has 0 saturated heterocycles. The van der Waals surface area contributed by atoms with Crippen molar-refractivity contribution in [2.24, 2.45) is 17.6 Å². The summed E-state index contributed by atoms with van der Waals surface area (Å²) in [7, 11) is 0. The van der Waals surface area contributed by atoms with E-state index in [1.165, 1.54) is 64.2 Å². The Morgan fingerprint density at radius 3 is 1.35 bits per heavy atom. The Labute approximate surface area is 485 Å². The van der Waals surface area contributed by atoms with Gasteiger partial charge in [-0.1, -0.05) is 175 Å². The van der Waals surface area contributed by atoms with E-state index >= 15 is 0 Å². The Morgan fingerprint density at radius 1 is 0.469 bits per heavy atom. The maximum Gasteiger partial charge on any atom is 0.306 e. The van der Waals surface area contributed by atoms with Crippen molar-refractivity contribution in [2.45, 2.75) is 226 Å². The van der Waals surface area contributed by atoms with Crippen LogP contribution in [0.2, 0.25) is 0 Å². The quantitative estimate of drug-likeness (QED) is 0.0284. The molecule has 13 nitrogen and oxygen atoms in total.